The summed E-state index contributed by atoms with van der Waals surface area (Å²) in [4.78, 5) is 16.6. The zero-order valence-corrected chi connectivity index (χ0v) is 13.6. The second-order valence-corrected chi connectivity index (χ2v) is 5.70. The topological polar surface area (TPSA) is 120 Å². The van der Waals surface area contributed by atoms with Crippen LogP contribution in [0.5, 0.6) is 0 Å². The number of nitrogens with zero attached hydrogens (tertiary/aromatic N) is 4. The molecule has 8 heteroatoms. The third kappa shape index (κ3) is 2.67. The van der Waals surface area contributed by atoms with E-state index in [9.17, 15) is 4.79 Å². The lowest BCUT2D eigenvalue weighted by Crippen LogP contribution is -2.15. The highest BCUT2D eigenvalue weighted by Crippen LogP contribution is 2.28. The average Bonchev–Trinajstić information content (AvgIpc) is 3.30. The molecule has 4 aromatic rings. The molecule has 3 aromatic heterocycles. The molecule has 0 aliphatic rings. The SMILES string of the molecule is Cc1cc(C#N)cnc1C(=O)Nc1ccc2[nH]nc(-c3cnoc3)c2c1. The third-order valence-corrected chi connectivity index (χ3v) is 3.95. The number of amides is 1. The molecule has 3 heterocycles. The largest absolute Gasteiger partial charge is 0.364 e. The van der Waals surface area contributed by atoms with E-state index in [4.69, 9.17) is 9.78 Å². The standard InChI is InChI=1S/C18H12N6O2/c1-10-4-11(6-19)7-20-16(10)18(25)22-13-2-3-15-14(5-13)17(24-23-15)12-8-21-26-9-12/h2-5,7-9H,1H3,(H,22,25)(H,23,24). The van der Waals surface area contributed by atoms with Gasteiger partial charge in [0.2, 0.25) is 0 Å². The predicted octanol–water partition coefficient (Wildman–Crippen LogP) is 3.05. The van der Waals surface area contributed by atoms with Crippen LogP contribution in [0.2, 0.25) is 0 Å². The van der Waals surface area contributed by atoms with Crippen molar-refractivity contribution in [1.29, 1.82) is 5.26 Å². The summed E-state index contributed by atoms with van der Waals surface area (Å²) < 4.78 is 4.87. The number of benzene rings is 1. The Morgan fingerprint density at radius 3 is 2.92 bits per heavy atom. The minimum absolute atomic E-state index is 0.274. The Bertz CT molecular complexity index is 1150. The first-order valence-electron chi connectivity index (χ1n) is 7.71. The Hall–Kier alpha value is -3.99. The van der Waals surface area contributed by atoms with Gasteiger partial charge in [-0.15, -0.1) is 0 Å². The van der Waals surface area contributed by atoms with Crippen molar-refractivity contribution in [2.75, 3.05) is 5.32 Å². The minimum atomic E-state index is -0.346. The van der Waals surface area contributed by atoms with Crippen LogP contribution in [-0.4, -0.2) is 26.2 Å². The van der Waals surface area contributed by atoms with Crippen molar-refractivity contribution in [1.82, 2.24) is 20.3 Å². The van der Waals surface area contributed by atoms with Crippen LogP contribution in [0, 0.1) is 18.3 Å². The summed E-state index contributed by atoms with van der Waals surface area (Å²) in [6.07, 6.45) is 4.46. The molecule has 0 bridgehead atoms. The maximum absolute atomic E-state index is 12.5. The summed E-state index contributed by atoms with van der Waals surface area (Å²) in [6, 6.07) is 9.05. The van der Waals surface area contributed by atoms with E-state index in [1.54, 1.807) is 25.3 Å². The molecule has 126 valence electrons. The van der Waals surface area contributed by atoms with Gasteiger partial charge in [-0.05, 0) is 36.8 Å². The smallest absolute Gasteiger partial charge is 0.274 e. The quantitative estimate of drug-likeness (QED) is 0.589. The maximum atomic E-state index is 12.5. The number of aryl methyl sites for hydroxylation is 1. The van der Waals surface area contributed by atoms with E-state index in [2.05, 4.69) is 25.7 Å². The number of nitrogens with one attached hydrogen (secondary N) is 2. The van der Waals surface area contributed by atoms with Gasteiger partial charge in [-0.1, -0.05) is 5.16 Å². The minimum Gasteiger partial charge on any atom is -0.364 e. The van der Waals surface area contributed by atoms with Crippen LogP contribution >= 0.6 is 0 Å². The molecule has 0 spiro atoms. The van der Waals surface area contributed by atoms with E-state index < -0.39 is 0 Å². The molecule has 0 aliphatic carbocycles. The van der Waals surface area contributed by atoms with E-state index in [0.29, 0.717) is 22.5 Å². The van der Waals surface area contributed by atoms with Crippen molar-refractivity contribution in [3.63, 3.8) is 0 Å². The molecule has 0 radical (unpaired) electrons. The lowest BCUT2D eigenvalue weighted by atomic mass is 10.1. The van der Waals surface area contributed by atoms with Gasteiger partial charge in [0.1, 0.15) is 23.7 Å². The van der Waals surface area contributed by atoms with Crippen LogP contribution in [-0.2, 0) is 0 Å². The Labute approximate surface area is 147 Å². The van der Waals surface area contributed by atoms with E-state index in [1.807, 2.05) is 18.2 Å². The molecule has 0 fully saturated rings. The Kier molecular flexibility index (Phi) is 3.67. The molecule has 0 unspecified atom stereocenters. The fourth-order valence-electron chi connectivity index (χ4n) is 2.70. The highest BCUT2D eigenvalue weighted by molar-refractivity contribution is 6.05. The first kappa shape index (κ1) is 15.5. The van der Waals surface area contributed by atoms with Crippen LogP contribution in [0.4, 0.5) is 5.69 Å². The molecule has 0 saturated heterocycles. The molecular formula is C18H12N6O2. The number of aromatic nitrogens is 4. The normalized spacial score (nSPS) is 10.6. The summed E-state index contributed by atoms with van der Waals surface area (Å²) in [6.45, 7) is 1.74. The van der Waals surface area contributed by atoms with Crippen molar-refractivity contribution in [3.8, 4) is 17.3 Å². The fourth-order valence-corrected chi connectivity index (χ4v) is 2.70. The van der Waals surface area contributed by atoms with E-state index in [1.165, 1.54) is 12.5 Å². The van der Waals surface area contributed by atoms with E-state index in [0.717, 1.165) is 16.5 Å². The zero-order valence-electron chi connectivity index (χ0n) is 13.6. The number of carbonyl (C=O) groups is 1. The molecule has 26 heavy (non-hydrogen) atoms. The molecule has 2 N–H and O–H groups in total. The predicted molar refractivity (Wildman–Crippen MR) is 93.2 cm³/mol. The van der Waals surface area contributed by atoms with Gasteiger partial charge in [-0.3, -0.25) is 9.89 Å². The Balaban J connectivity index is 1.66. The molecule has 8 nitrogen and oxygen atoms in total. The van der Waals surface area contributed by atoms with Crippen molar-refractivity contribution in [2.24, 2.45) is 0 Å². The summed E-state index contributed by atoms with van der Waals surface area (Å²) in [5.74, 6) is -0.346. The molecule has 1 amide bonds. The van der Waals surface area contributed by atoms with Crippen LogP contribution in [0.25, 0.3) is 22.2 Å². The number of nitriles is 1. The van der Waals surface area contributed by atoms with Gasteiger partial charge in [0.05, 0.1) is 22.8 Å². The third-order valence-electron chi connectivity index (χ3n) is 3.95. The second-order valence-electron chi connectivity index (χ2n) is 5.70. The Morgan fingerprint density at radius 1 is 1.31 bits per heavy atom. The summed E-state index contributed by atoms with van der Waals surface area (Å²) in [5.41, 5.74) is 4.18. The molecule has 0 saturated carbocycles. The monoisotopic (exact) mass is 344 g/mol. The van der Waals surface area contributed by atoms with Gasteiger partial charge in [0.25, 0.3) is 5.91 Å². The van der Waals surface area contributed by atoms with Gasteiger partial charge >= 0.3 is 0 Å². The number of carbonyl (C=O) groups excluding carboxylic acids is 1. The Morgan fingerprint density at radius 2 is 2.19 bits per heavy atom. The first-order chi connectivity index (χ1) is 12.7. The zero-order chi connectivity index (χ0) is 18.1. The van der Waals surface area contributed by atoms with Crippen molar-refractivity contribution in [3.05, 3.63) is 59.7 Å². The summed E-state index contributed by atoms with van der Waals surface area (Å²) in [7, 11) is 0. The fraction of sp³-hybridized carbons (Fsp3) is 0.0556. The van der Waals surface area contributed by atoms with Crippen molar-refractivity contribution in [2.45, 2.75) is 6.92 Å². The molecule has 4 rings (SSSR count). The highest BCUT2D eigenvalue weighted by atomic mass is 16.5. The van der Waals surface area contributed by atoms with Crippen molar-refractivity contribution < 1.29 is 9.32 Å². The number of anilines is 1. The number of hydrogen-bond donors (Lipinski definition) is 2. The maximum Gasteiger partial charge on any atom is 0.274 e. The van der Waals surface area contributed by atoms with Crippen LogP contribution < -0.4 is 5.32 Å². The van der Waals surface area contributed by atoms with Gasteiger partial charge in [0, 0.05) is 17.3 Å². The lowest BCUT2D eigenvalue weighted by Gasteiger charge is -2.07. The van der Waals surface area contributed by atoms with Gasteiger partial charge in [0.15, 0.2) is 0 Å². The van der Waals surface area contributed by atoms with Gasteiger partial charge in [-0.25, -0.2) is 4.98 Å². The first-order valence-corrected chi connectivity index (χ1v) is 7.71. The number of rotatable bonds is 3. The number of H-pyrrole nitrogens is 1. The van der Waals surface area contributed by atoms with Gasteiger partial charge in [-0.2, -0.15) is 10.4 Å². The molecule has 0 atom stereocenters. The number of hydrogen-bond acceptors (Lipinski definition) is 6. The lowest BCUT2D eigenvalue weighted by molar-refractivity contribution is 0.102. The van der Waals surface area contributed by atoms with E-state index in [-0.39, 0.29) is 11.6 Å². The number of fused-ring (bicyclic) bond motifs is 1. The van der Waals surface area contributed by atoms with Crippen molar-refractivity contribution >= 4 is 22.5 Å². The van der Waals surface area contributed by atoms with Gasteiger partial charge < -0.3 is 9.84 Å². The number of aromatic amines is 1. The average molecular weight is 344 g/mol. The molecule has 1 aromatic carbocycles. The second kappa shape index (κ2) is 6.14. The number of pyridine rings is 1. The molecule has 0 aliphatic heterocycles. The van der Waals surface area contributed by atoms with Crippen LogP contribution in [0.3, 0.4) is 0 Å². The highest BCUT2D eigenvalue weighted by Gasteiger charge is 2.14. The van der Waals surface area contributed by atoms with Crippen LogP contribution in [0.1, 0.15) is 21.6 Å². The summed E-state index contributed by atoms with van der Waals surface area (Å²) in [5, 5.41) is 23.4. The van der Waals surface area contributed by atoms with E-state index >= 15 is 0 Å². The van der Waals surface area contributed by atoms with Crippen LogP contribution in [0.15, 0.2) is 47.4 Å². The summed E-state index contributed by atoms with van der Waals surface area (Å²) >= 11 is 0. The molecular weight excluding hydrogens is 332 g/mol.